The van der Waals surface area contributed by atoms with E-state index in [1.807, 2.05) is 0 Å². The Balaban J connectivity index is 1.71. The van der Waals surface area contributed by atoms with E-state index < -0.39 is 6.10 Å². The third-order valence-electron chi connectivity index (χ3n) is 4.49. The van der Waals surface area contributed by atoms with Gasteiger partial charge in [0, 0.05) is 12.0 Å². The van der Waals surface area contributed by atoms with Crippen molar-refractivity contribution in [1.29, 1.82) is 0 Å². The van der Waals surface area contributed by atoms with Crippen LogP contribution in [0, 0.1) is 0 Å². The molecule has 0 aliphatic heterocycles. The van der Waals surface area contributed by atoms with Crippen LogP contribution < -0.4 is 14.8 Å². The first-order chi connectivity index (χ1) is 12.1. The topological polar surface area (TPSA) is 72.4 Å². The molecule has 1 aliphatic carbocycles. The average molecular weight is 348 g/mol. The van der Waals surface area contributed by atoms with Gasteiger partial charge in [-0.25, -0.2) is 0 Å². The van der Waals surface area contributed by atoms with Gasteiger partial charge >= 0.3 is 0 Å². The number of ether oxygens (including phenoxy) is 2. The Morgan fingerprint density at radius 2 is 2.16 bits per heavy atom. The van der Waals surface area contributed by atoms with Gasteiger partial charge < -0.3 is 19.9 Å². The lowest BCUT2D eigenvalue weighted by molar-refractivity contribution is -0.660. The zero-order chi connectivity index (χ0) is 18.1. The monoisotopic (exact) mass is 348 g/mol. The van der Waals surface area contributed by atoms with Crippen molar-refractivity contribution in [1.82, 2.24) is 0 Å². The van der Waals surface area contributed by atoms with Gasteiger partial charge in [0.1, 0.15) is 19.3 Å². The van der Waals surface area contributed by atoms with Crippen molar-refractivity contribution in [2.24, 2.45) is 0 Å². The number of benzene rings is 1. The van der Waals surface area contributed by atoms with Gasteiger partial charge in [0.15, 0.2) is 17.3 Å². The maximum Gasteiger partial charge on any atom is 0.161 e. The van der Waals surface area contributed by atoms with Crippen LogP contribution >= 0.6 is 0 Å². The molecular formula is C20H30NO4+. The summed E-state index contributed by atoms with van der Waals surface area (Å²) < 4.78 is 10.9. The van der Waals surface area contributed by atoms with Gasteiger partial charge in [0.25, 0.3) is 0 Å². The number of rotatable bonds is 10. The van der Waals surface area contributed by atoms with Crippen LogP contribution in [0.1, 0.15) is 49.4 Å². The summed E-state index contributed by atoms with van der Waals surface area (Å²) in [6.07, 6.45) is 8.01. The van der Waals surface area contributed by atoms with Crippen molar-refractivity contribution in [3.05, 3.63) is 35.4 Å². The van der Waals surface area contributed by atoms with E-state index in [1.165, 1.54) is 39.7 Å². The summed E-state index contributed by atoms with van der Waals surface area (Å²) in [7, 11) is 1.54. The molecule has 1 aromatic carbocycles. The SMILES string of the molecule is COc1cc(C(C)=O)ccc1OC[C@H](O)C[NH2+]CCC1=CCCCC1. The fourth-order valence-corrected chi connectivity index (χ4v) is 2.99. The Kier molecular flexibility index (Phi) is 7.95. The van der Waals surface area contributed by atoms with Gasteiger partial charge in [-0.05, 0) is 50.8 Å². The van der Waals surface area contributed by atoms with Crippen molar-refractivity contribution >= 4 is 5.78 Å². The van der Waals surface area contributed by atoms with E-state index in [4.69, 9.17) is 9.47 Å². The molecule has 5 nitrogen and oxygen atoms in total. The van der Waals surface area contributed by atoms with Gasteiger partial charge in [-0.2, -0.15) is 0 Å². The molecule has 0 heterocycles. The highest BCUT2D eigenvalue weighted by Gasteiger charge is 2.12. The third kappa shape index (κ3) is 6.52. The number of allylic oxidation sites excluding steroid dienone is 1. The number of Topliss-reactive ketones (excluding diaryl/α,β-unsaturated/α-hetero) is 1. The molecule has 0 amide bonds. The fraction of sp³-hybridized carbons (Fsp3) is 0.550. The average Bonchev–Trinajstić information content (AvgIpc) is 2.64. The highest BCUT2D eigenvalue weighted by Crippen LogP contribution is 2.28. The summed E-state index contributed by atoms with van der Waals surface area (Å²) >= 11 is 0. The highest BCUT2D eigenvalue weighted by atomic mass is 16.5. The van der Waals surface area contributed by atoms with Crippen molar-refractivity contribution in [2.75, 3.05) is 26.8 Å². The van der Waals surface area contributed by atoms with Crippen molar-refractivity contribution in [2.45, 2.75) is 45.1 Å². The minimum Gasteiger partial charge on any atom is -0.493 e. The number of hydrogen-bond donors (Lipinski definition) is 2. The summed E-state index contributed by atoms with van der Waals surface area (Å²) in [5.41, 5.74) is 2.14. The van der Waals surface area contributed by atoms with Crippen LogP contribution in [-0.2, 0) is 0 Å². The number of methoxy groups -OCH3 is 1. The minimum absolute atomic E-state index is 0.0208. The van der Waals surface area contributed by atoms with E-state index in [-0.39, 0.29) is 12.4 Å². The predicted octanol–water partition coefficient (Wildman–Crippen LogP) is 2.09. The number of aliphatic hydroxyl groups is 1. The predicted molar refractivity (Wildman–Crippen MR) is 97.3 cm³/mol. The normalized spacial score (nSPS) is 15.4. The Bertz CT molecular complexity index is 597. The molecule has 0 aromatic heterocycles. The molecule has 0 fully saturated rings. The lowest BCUT2D eigenvalue weighted by Gasteiger charge is -2.15. The molecule has 5 heteroatoms. The van der Waals surface area contributed by atoms with Crippen molar-refractivity contribution in [3.63, 3.8) is 0 Å². The number of aliphatic hydroxyl groups excluding tert-OH is 1. The van der Waals surface area contributed by atoms with Gasteiger partial charge in [-0.3, -0.25) is 4.79 Å². The third-order valence-corrected chi connectivity index (χ3v) is 4.49. The first-order valence-electron chi connectivity index (χ1n) is 9.09. The molecular weight excluding hydrogens is 318 g/mol. The molecule has 0 unspecified atom stereocenters. The summed E-state index contributed by atoms with van der Waals surface area (Å²) in [4.78, 5) is 11.4. The second-order valence-electron chi connectivity index (χ2n) is 6.56. The van der Waals surface area contributed by atoms with E-state index >= 15 is 0 Å². The highest BCUT2D eigenvalue weighted by molar-refractivity contribution is 5.94. The molecule has 1 aromatic rings. The van der Waals surface area contributed by atoms with Crippen LogP contribution in [0.15, 0.2) is 29.8 Å². The fourth-order valence-electron chi connectivity index (χ4n) is 2.99. The van der Waals surface area contributed by atoms with Crippen LogP contribution in [0.3, 0.4) is 0 Å². The Hall–Kier alpha value is -1.85. The van der Waals surface area contributed by atoms with Gasteiger partial charge in [-0.15, -0.1) is 0 Å². The quantitative estimate of drug-likeness (QED) is 0.386. The Labute approximate surface area is 150 Å². The van der Waals surface area contributed by atoms with Crippen LogP contribution in [0.5, 0.6) is 11.5 Å². The standard InChI is InChI=1S/C20H29NO4/c1-15(22)17-8-9-19(20(12-17)24-2)25-14-18(23)13-21-11-10-16-6-4-3-5-7-16/h6,8-9,12,18,21,23H,3-5,7,10-11,13-14H2,1-2H3/p+1/t18-/m1/s1. The molecule has 0 bridgehead atoms. The zero-order valence-electron chi connectivity index (χ0n) is 15.3. The van der Waals surface area contributed by atoms with E-state index in [2.05, 4.69) is 11.4 Å². The molecule has 3 N–H and O–H groups in total. The number of hydrogen-bond acceptors (Lipinski definition) is 4. The summed E-state index contributed by atoms with van der Waals surface area (Å²) in [5, 5.41) is 12.2. The number of ketones is 1. The van der Waals surface area contributed by atoms with E-state index in [0.717, 1.165) is 13.0 Å². The van der Waals surface area contributed by atoms with Crippen LogP contribution in [0.2, 0.25) is 0 Å². The lowest BCUT2D eigenvalue weighted by Crippen LogP contribution is -2.86. The summed E-state index contributed by atoms with van der Waals surface area (Å²) in [6, 6.07) is 5.08. The zero-order valence-corrected chi connectivity index (χ0v) is 15.3. The molecule has 0 saturated heterocycles. The van der Waals surface area contributed by atoms with Gasteiger partial charge in [-0.1, -0.05) is 11.6 Å². The number of quaternary nitrogens is 1. The lowest BCUT2D eigenvalue weighted by atomic mass is 9.97. The summed E-state index contributed by atoms with van der Waals surface area (Å²) in [5.74, 6) is 1.03. The molecule has 1 atom stereocenters. The van der Waals surface area contributed by atoms with E-state index in [0.29, 0.717) is 23.6 Å². The van der Waals surface area contributed by atoms with E-state index in [9.17, 15) is 9.90 Å². The van der Waals surface area contributed by atoms with Crippen LogP contribution in [-0.4, -0.2) is 43.8 Å². The molecule has 2 rings (SSSR count). The van der Waals surface area contributed by atoms with Crippen LogP contribution in [0.25, 0.3) is 0 Å². The maximum absolute atomic E-state index is 11.4. The molecule has 25 heavy (non-hydrogen) atoms. The number of carbonyl (C=O) groups is 1. The Morgan fingerprint density at radius 3 is 2.84 bits per heavy atom. The second-order valence-corrected chi connectivity index (χ2v) is 6.56. The van der Waals surface area contributed by atoms with Crippen molar-refractivity contribution in [3.8, 4) is 11.5 Å². The van der Waals surface area contributed by atoms with Crippen molar-refractivity contribution < 1.29 is 24.7 Å². The molecule has 138 valence electrons. The molecule has 0 radical (unpaired) electrons. The first kappa shape index (κ1) is 19.5. The second kappa shape index (κ2) is 10.2. The minimum atomic E-state index is -0.544. The number of carbonyl (C=O) groups excluding carboxylic acids is 1. The smallest absolute Gasteiger partial charge is 0.161 e. The van der Waals surface area contributed by atoms with Gasteiger partial charge in [0.05, 0.1) is 13.7 Å². The van der Waals surface area contributed by atoms with E-state index in [1.54, 1.807) is 23.8 Å². The molecule has 0 spiro atoms. The Morgan fingerprint density at radius 1 is 1.32 bits per heavy atom. The van der Waals surface area contributed by atoms with Gasteiger partial charge in [0.2, 0.25) is 0 Å². The first-order valence-corrected chi connectivity index (χ1v) is 9.09. The maximum atomic E-state index is 11.4. The number of nitrogens with two attached hydrogens (primary N) is 1. The molecule has 0 saturated carbocycles. The van der Waals surface area contributed by atoms with Crippen LogP contribution in [0.4, 0.5) is 0 Å². The summed E-state index contributed by atoms with van der Waals surface area (Å²) in [6.45, 7) is 3.33. The molecule has 1 aliphatic rings. The largest absolute Gasteiger partial charge is 0.493 e.